The fourth-order valence-electron chi connectivity index (χ4n) is 3.26. The molecule has 0 amide bonds. The first-order valence-corrected chi connectivity index (χ1v) is 8.94. The van der Waals surface area contributed by atoms with E-state index in [1.165, 1.54) is 11.1 Å². The molecule has 1 atom stereocenters. The number of aliphatic hydroxyl groups is 1. The lowest BCUT2D eigenvalue weighted by molar-refractivity contribution is 0.0946. The van der Waals surface area contributed by atoms with E-state index in [-0.39, 0.29) is 12.0 Å². The van der Waals surface area contributed by atoms with Crippen molar-refractivity contribution in [2.24, 2.45) is 5.41 Å². The van der Waals surface area contributed by atoms with Crippen LogP contribution in [0.1, 0.15) is 43.7 Å². The maximum atomic E-state index is 10.1. The van der Waals surface area contributed by atoms with E-state index >= 15 is 0 Å². The molecular weight excluding hydrogens is 304 g/mol. The minimum Gasteiger partial charge on any atom is -0.396 e. The van der Waals surface area contributed by atoms with Gasteiger partial charge in [0.15, 0.2) is 0 Å². The summed E-state index contributed by atoms with van der Waals surface area (Å²) in [6.45, 7) is 2.47. The molecule has 0 saturated carbocycles. The van der Waals surface area contributed by atoms with Crippen molar-refractivity contribution in [3.63, 3.8) is 0 Å². The van der Waals surface area contributed by atoms with Crippen molar-refractivity contribution >= 4 is 11.6 Å². The summed E-state index contributed by atoms with van der Waals surface area (Å²) in [4.78, 5) is 0. The zero-order chi connectivity index (χ0) is 16.5. The molecular formula is C21H27ClO. The minimum absolute atomic E-state index is 0.0181. The molecule has 0 aliphatic rings. The molecule has 0 aromatic heterocycles. The van der Waals surface area contributed by atoms with Gasteiger partial charge >= 0.3 is 0 Å². The van der Waals surface area contributed by atoms with Crippen molar-refractivity contribution in [2.75, 3.05) is 6.61 Å². The molecule has 0 aliphatic heterocycles. The van der Waals surface area contributed by atoms with E-state index in [0.717, 1.165) is 43.5 Å². The first-order valence-electron chi connectivity index (χ1n) is 8.57. The van der Waals surface area contributed by atoms with Crippen LogP contribution in [0.4, 0.5) is 0 Å². The number of hydrogen-bond donors (Lipinski definition) is 1. The summed E-state index contributed by atoms with van der Waals surface area (Å²) in [7, 11) is 0. The molecule has 0 bridgehead atoms. The third-order valence-electron chi connectivity index (χ3n) is 4.76. The third kappa shape index (κ3) is 5.67. The van der Waals surface area contributed by atoms with Crippen LogP contribution in [-0.2, 0) is 12.8 Å². The maximum absolute atomic E-state index is 10.1. The van der Waals surface area contributed by atoms with E-state index in [2.05, 4.69) is 49.4 Å². The van der Waals surface area contributed by atoms with Crippen molar-refractivity contribution in [1.82, 2.24) is 0 Å². The summed E-state index contributed by atoms with van der Waals surface area (Å²) in [5.74, 6) is 0. The molecule has 2 aromatic carbocycles. The number of rotatable bonds is 9. The Morgan fingerprint density at radius 1 is 0.826 bits per heavy atom. The topological polar surface area (TPSA) is 20.2 Å². The molecule has 0 radical (unpaired) electrons. The van der Waals surface area contributed by atoms with Gasteiger partial charge in [0.25, 0.3) is 0 Å². The molecule has 2 rings (SSSR count). The smallest absolute Gasteiger partial charge is 0.0487 e. The third-order valence-corrected chi connectivity index (χ3v) is 5.01. The zero-order valence-corrected chi connectivity index (χ0v) is 14.7. The van der Waals surface area contributed by atoms with Crippen LogP contribution in [-0.4, -0.2) is 11.7 Å². The van der Waals surface area contributed by atoms with Gasteiger partial charge in [-0.1, -0.05) is 67.4 Å². The summed E-state index contributed by atoms with van der Waals surface area (Å²) in [6, 6.07) is 18.6. The standard InChI is InChI=1S/C21H27ClO/c1-2-14-21(17-23,15-12-18-6-4-3-5-7-18)16-13-19-8-10-20(22)11-9-19/h3-11,23H,2,12-17H2,1H3. The quantitative estimate of drug-likeness (QED) is 0.626. The molecule has 1 N–H and O–H groups in total. The number of aliphatic hydroxyl groups excluding tert-OH is 1. The predicted molar refractivity (Wildman–Crippen MR) is 99.0 cm³/mol. The summed E-state index contributed by atoms with van der Waals surface area (Å²) in [5.41, 5.74) is 2.67. The Morgan fingerprint density at radius 3 is 1.91 bits per heavy atom. The van der Waals surface area contributed by atoms with Gasteiger partial charge in [-0.2, -0.15) is 0 Å². The molecule has 1 nitrogen and oxygen atoms in total. The zero-order valence-electron chi connectivity index (χ0n) is 14.0. The van der Waals surface area contributed by atoms with Crippen LogP contribution in [0.2, 0.25) is 5.02 Å². The normalized spacial score (nSPS) is 13.7. The van der Waals surface area contributed by atoms with Gasteiger partial charge in [0.05, 0.1) is 0 Å². The largest absolute Gasteiger partial charge is 0.396 e. The average Bonchev–Trinajstić information content (AvgIpc) is 2.60. The highest BCUT2D eigenvalue weighted by Gasteiger charge is 2.27. The fraction of sp³-hybridized carbons (Fsp3) is 0.429. The molecule has 0 saturated heterocycles. The summed E-state index contributed by atoms with van der Waals surface area (Å²) >= 11 is 5.96. The number of halogens is 1. The van der Waals surface area contributed by atoms with E-state index in [1.807, 2.05) is 12.1 Å². The van der Waals surface area contributed by atoms with Crippen LogP contribution in [0.25, 0.3) is 0 Å². The monoisotopic (exact) mass is 330 g/mol. The van der Waals surface area contributed by atoms with Gasteiger partial charge in [-0.3, -0.25) is 0 Å². The second-order valence-electron chi connectivity index (χ2n) is 6.52. The highest BCUT2D eigenvalue weighted by molar-refractivity contribution is 6.30. The Hall–Kier alpha value is -1.31. The summed E-state index contributed by atoms with van der Waals surface area (Å²) in [6.07, 6.45) is 6.26. The van der Waals surface area contributed by atoms with Gasteiger partial charge in [0, 0.05) is 11.6 Å². The fourth-order valence-corrected chi connectivity index (χ4v) is 3.38. The van der Waals surface area contributed by atoms with Crippen molar-refractivity contribution < 1.29 is 5.11 Å². The number of hydrogen-bond acceptors (Lipinski definition) is 1. The van der Waals surface area contributed by atoms with Gasteiger partial charge in [-0.05, 0) is 60.8 Å². The molecule has 2 aromatic rings. The van der Waals surface area contributed by atoms with Crippen molar-refractivity contribution in [3.8, 4) is 0 Å². The van der Waals surface area contributed by atoms with E-state index in [0.29, 0.717) is 0 Å². The van der Waals surface area contributed by atoms with E-state index < -0.39 is 0 Å². The summed E-state index contributed by atoms with van der Waals surface area (Å²) < 4.78 is 0. The lowest BCUT2D eigenvalue weighted by Crippen LogP contribution is -2.27. The lowest BCUT2D eigenvalue weighted by atomic mass is 9.75. The van der Waals surface area contributed by atoms with E-state index in [1.54, 1.807) is 0 Å². The Balaban J connectivity index is 2.00. The first-order chi connectivity index (χ1) is 11.2. The average molecular weight is 331 g/mol. The van der Waals surface area contributed by atoms with Gasteiger partial charge < -0.3 is 5.11 Å². The Morgan fingerprint density at radius 2 is 1.39 bits per heavy atom. The van der Waals surface area contributed by atoms with Gasteiger partial charge in [-0.15, -0.1) is 0 Å². The van der Waals surface area contributed by atoms with Crippen LogP contribution >= 0.6 is 11.6 Å². The van der Waals surface area contributed by atoms with Gasteiger partial charge in [-0.25, -0.2) is 0 Å². The maximum Gasteiger partial charge on any atom is 0.0487 e. The molecule has 23 heavy (non-hydrogen) atoms. The molecule has 124 valence electrons. The highest BCUT2D eigenvalue weighted by atomic mass is 35.5. The highest BCUT2D eigenvalue weighted by Crippen LogP contribution is 2.35. The Bertz CT molecular complexity index is 564. The number of aryl methyl sites for hydroxylation is 2. The Labute approximate surface area is 145 Å². The predicted octanol–water partition coefficient (Wildman–Crippen LogP) is 5.68. The Kier molecular flexibility index (Phi) is 7.14. The molecule has 1 unspecified atom stereocenters. The molecule has 0 heterocycles. The van der Waals surface area contributed by atoms with Gasteiger partial charge in [0.1, 0.15) is 0 Å². The van der Waals surface area contributed by atoms with Crippen LogP contribution in [0.5, 0.6) is 0 Å². The second kappa shape index (κ2) is 9.10. The molecule has 2 heteroatoms. The SMILES string of the molecule is CCCC(CO)(CCc1ccccc1)CCc1ccc(Cl)cc1. The van der Waals surface area contributed by atoms with E-state index in [9.17, 15) is 5.11 Å². The van der Waals surface area contributed by atoms with Crippen molar-refractivity contribution in [2.45, 2.75) is 45.4 Å². The van der Waals surface area contributed by atoms with Crippen LogP contribution in [0.3, 0.4) is 0 Å². The van der Waals surface area contributed by atoms with Crippen LogP contribution < -0.4 is 0 Å². The molecule has 0 aliphatic carbocycles. The second-order valence-corrected chi connectivity index (χ2v) is 6.96. The summed E-state index contributed by atoms with van der Waals surface area (Å²) in [5, 5.41) is 10.9. The van der Waals surface area contributed by atoms with Gasteiger partial charge in [0.2, 0.25) is 0 Å². The lowest BCUT2D eigenvalue weighted by Gasteiger charge is -2.32. The number of benzene rings is 2. The van der Waals surface area contributed by atoms with Crippen molar-refractivity contribution in [3.05, 3.63) is 70.7 Å². The van der Waals surface area contributed by atoms with Crippen molar-refractivity contribution in [1.29, 1.82) is 0 Å². The van der Waals surface area contributed by atoms with Crippen LogP contribution in [0.15, 0.2) is 54.6 Å². The van der Waals surface area contributed by atoms with E-state index in [4.69, 9.17) is 11.6 Å². The minimum atomic E-state index is 0.0181. The molecule has 0 fully saturated rings. The van der Waals surface area contributed by atoms with Crippen LogP contribution in [0, 0.1) is 5.41 Å². The molecule has 0 spiro atoms. The first kappa shape index (κ1) is 18.0.